The van der Waals surface area contributed by atoms with Gasteiger partial charge in [0.15, 0.2) is 16.6 Å². The van der Waals surface area contributed by atoms with Crippen LogP contribution in [0.25, 0.3) is 16.3 Å². The van der Waals surface area contributed by atoms with Gasteiger partial charge in [-0.1, -0.05) is 17.4 Å². The van der Waals surface area contributed by atoms with Crippen molar-refractivity contribution in [1.82, 2.24) is 9.88 Å². The third-order valence-electron chi connectivity index (χ3n) is 5.03. The molecule has 3 aromatic rings. The maximum absolute atomic E-state index is 13.4. The number of amides is 1. The molecule has 0 atom stereocenters. The maximum Gasteiger partial charge on any atom is 0.246 e. The molecule has 156 valence electrons. The number of ether oxygens (including phenoxy) is 2. The van der Waals surface area contributed by atoms with Gasteiger partial charge in [-0.25, -0.2) is 9.37 Å². The molecule has 2 aromatic carbocycles. The zero-order valence-corrected chi connectivity index (χ0v) is 17.6. The van der Waals surface area contributed by atoms with Gasteiger partial charge in [0.25, 0.3) is 0 Å². The van der Waals surface area contributed by atoms with Crippen molar-refractivity contribution in [3.63, 3.8) is 0 Å². The van der Waals surface area contributed by atoms with E-state index in [0.29, 0.717) is 37.7 Å². The molecule has 2 heterocycles. The summed E-state index contributed by atoms with van der Waals surface area (Å²) in [5.41, 5.74) is 1.66. The highest BCUT2D eigenvalue weighted by Crippen LogP contribution is 2.30. The monoisotopic (exact) mass is 427 g/mol. The fraction of sp³-hybridized carbons (Fsp3) is 0.273. The number of carbonyl (C=O) groups is 1. The van der Waals surface area contributed by atoms with E-state index in [9.17, 15) is 9.18 Å². The Morgan fingerprint density at radius 1 is 1.07 bits per heavy atom. The van der Waals surface area contributed by atoms with Crippen molar-refractivity contribution in [3.05, 3.63) is 53.9 Å². The molecule has 0 unspecified atom stereocenters. The summed E-state index contributed by atoms with van der Waals surface area (Å²) < 4.78 is 24.8. The molecular weight excluding hydrogens is 405 g/mol. The van der Waals surface area contributed by atoms with Gasteiger partial charge in [-0.2, -0.15) is 0 Å². The van der Waals surface area contributed by atoms with Gasteiger partial charge in [-0.3, -0.25) is 4.79 Å². The molecule has 0 N–H and O–H groups in total. The number of hydrogen-bond donors (Lipinski definition) is 0. The van der Waals surface area contributed by atoms with Crippen LogP contribution in [-0.4, -0.2) is 56.2 Å². The Morgan fingerprint density at radius 2 is 1.83 bits per heavy atom. The summed E-state index contributed by atoms with van der Waals surface area (Å²) in [5.74, 6) is 0.983. The van der Waals surface area contributed by atoms with Crippen LogP contribution in [0.2, 0.25) is 0 Å². The maximum atomic E-state index is 13.4. The van der Waals surface area contributed by atoms with Crippen molar-refractivity contribution in [2.75, 3.05) is 45.3 Å². The minimum absolute atomic E-state index is 0.0317. The highest BCUT2D eigenvalue weighted by molar-refractivity contribution is 7.22. The molecule has 6 nitrogen and oxygen atoms in total. The Balaban J connectivity index is 1.37. The topological polar surface area (TPSA) is 54.9 Å². The molecule has 1 aromatic heterocycles. The third-order valence-corrected chi connectivity index (χ3v) is 6.11. The van der Waals surface area contributed by atoms with Crippen molar-refractivity contribution >= 4 is 38.7 Å². The van der Waals surface area contributed by atoms with E-state index in [2.05, 4.69) is 9.88 Å². The Bertz CT molecular complexity index is 1090. The highest BCUT2D eigenvalue weighted by Gasteiger charge is 2.22. The Hall–Kier alpha value is -3.13. The van der Waals surface area contributed by atoms with E-state index in [-0.39, 0.29) is 11.7 Å². The molecule has 30 heavy (non-hydrogen) atoms. The lowest BCUT2D eigenvalue weighted by Gasteiger charge is -2.34. The fourth-order valence-electron chi connectivity index (χ4n) is 3.37. The van der Waals surface area contributed by atoms with Crippen molar-refractivity contribution in [1.29, 1.82) is 0 Å². The minimum Gasteiger partial charge on any atom is -0.493 e. The lowest BCUT2D eigenvalue weighted by atomic mass is 10.2. The molecule has 0 saturated carbocycles. The Kier molecular flexibility index (Phi) is 5.85. The number of carbonyl (C=O) groups excluding carboxylic acids is 1. The van der Waals surface area contributed by atoms with Gasteiger partial charge >= 0.3 is 0 Å². The van der Waals surface area contributed by atoms with Crippen LogP contribution >= 0.6 is 11.3 Å². The highest BCUT2D eigenvalue weighted by atomic mass is 32.1. The lowest BCUT2D eigenvalue weighted by Crippen LogP contribution is -2.48. The van der Waals surface area contributed by atoms with Crippen LogP contribution in [0.4, 0.5) is 9.52 Å². The normalized spacial score (nSPS) is 14.5. The van der Waals surface area contributed by atoms with Crippen LogP contribution < -0.4 is 14.4 Å². The number of rotatable bonds is 5. The van der Waals surface area contributed by atoms with Gasteiger partial charge in [0.1, 0.15) is 5.82 Å². The number of aromatic nitrogens is 1. The van der Waals surface area contributed by atoms with Gasteiger partial charge in [-0.15, -0.1) is 0 Å². The van der Waals surface area contributed by atoms with E-state index < -0.39 is 0 Å². The summed E-state index contributed by atoms with van der Waals surface area (Å²) in [6.07, 6.45) is 3.36. The average molecular weight is 428 g/mol. The van der Waals surface area contributed by atoms with Gasteiger partial charge in [0, 0.05) is 32.3 Å². The predicted molar refractivity (Wildman–Crippen MR) is 117 cm³/mol. The van der Waals surface area contributed by atoms with E-state index >= 15 is 0 Å². The van der Waals surface area contributed by atoms with Crippen LogP contribution in [0.15, 0.2) is 42.5 Å². The second-order valence-corrected chi connectivity index (χ2v) is 7.88. The molecule has 4 rings (SSSR count). The molecule has 0 aliphatic carbocycles. The summed E-state index contributed by atoms with van der Waals surface area (Å²) >= 11 is 1.48. The number of piperazine rings is 1. The molecule has 1 saturated heterocycles. The SMILES string of the molecule is COc1ccc(/C=C\C(=O)N2CCN(c3nc4ccc(F)cc4s3)CC2)cc1OC. The molecule has 8 heteroatoms. The van der Waals surface area contributed by atoms with Crippen molar-refractivity contribution in [2.24, 2.45) is 0 Å². The van der Waals surface area contributed by atoms with E-state index in [1.165, 1.54) is 23.5 Å². The molecular formula is C22H22FN3O3S. The zero-order chi connectivity index (χ0) is 21.1. The van der Waals surface area contributed by atoms with Gasteiger partial charge in [0.2, 0.25) is 5.91 Å². The summed E-state index contributed by atoms with van der Waals surface area (Å²) in [6, 6.07) is 10.1. The average Bonchev–Trinajstić information content (AvgIpc) is 3.20. The first-order valence-corrected chi connectivity index (χ1v) is 10.4. The van der Waals surface area contributed by atoms with Crippen LogP contribution in [-0.2, 0) is 4.79 Å². The molecule has 1 fully saturated rings. The number of thiazole rings is 1. The van der Waals surface area contributed by atoms with Crippen molar-refractivity contribution < 1.29 is 18.7 Å². The second-order valence-electron chi connectivity index (χ2n) is 6.87. The predicted octanol–water partition coefficient (Wildman–Crippen LogP) is 3.81. The number of hydrogen-bond acceptors (Lipinski definition) is 6. The Morgan fingerprint density at radius 3 is 2.57 bits per heavy atom. The van der Waals surface area contributed by atoms with Crippen molar-refractivity contribution in [3.8, 4) is 11.5 Å². The molecule has 0 radical (unpaired) electrons. The number of nitrogens with zero attached hydrogens (tertiary/aromatic N) is 3. The standard InChI is InChI=1S/C22H22FN3O3S/c1-28-18-7-3-15(13-19(18)29-2)4-8-21(27)25-9-11-26(12-10-25)22-24-17-6-5-16(23)14-20(17)30-22/h3-8,13-14H,9-12H2,1-2H3/b8-4-. The van der Waals surface area contributed by atoms with Crippen LogP contribution in [0.5, 0.6) is 11.5 Å². The van der Waals surface area contributed by atoms with E-state index in [1.54, 1.807) is 32.4 Å². The molecule has 1 aliphatic heterocycles. The Labute approximate surface area is 178 Å². The molecule has 0 bridgehead atoms. The van der Waals surface area contributed by atoms with Gasteiger partial charge in [-0.05, 0) is 42.0 Å². The quantitative estimate of drug-likeness (QED) is 0.580. The molecule has 1 amide bonds. The van der Waals surface area contributed by atoms with Crippen LogP contribution in [0.3, 0.4) is 0 Å². The first-order valence-electron chi connectivity index (χ1n) is 9.57. The number of methoxy groups -OCH3 is 2. The smallest absolute Gasteiger partial charge is 0.246 e. The van der Waals surface area contributed by atoms with E-state index in [1.807, 2.05) is 23.1 Å². The van der Waals surface area contributed by atoms with Crippen LogP contribution in [0.1, 0.15) is 5.56 Å². The first-order chi connectivity index (χ1) is 14.6. The largest absolute Gasteiger partial charge is 0.493 e. The number of halogens is 1. The number of fused-ring (bicyclic) bond motifs is 1. The third kappa shape index (κ3) is 4.23. The first kappa shape index (κ1) is 20.2. The second kappa shape index (κ2) is 8.71. The lowest BCUT2D eigenvalue weighted by molar-refractivity contribution is -0.126. The van der Waals surface area contributed by atoms with E-state index in [4.69, 9.17) is 9.47 Å². The van der Waals surface area contributed by atoms with Gasteiger partial charge < -0.3 is 19.3 Å². The fourth-order valence-corrected chi connectivity index (χ4v) is 4.41. The summed E-state index contributed by atoms with van der Waals surface area (Å²) in [5, 5.41) is 0.864. The summed E-state index contributed by atoms with van der Waals surface area (Å²) in [4.78, 5) is 21.1. The molecule has 0 spiro atoms. The van der Waals surface area contributed by atoms with Crippen molar-refractivity contribution in [2.45, 2.75) is 0 Å². The summed E-state index contributed by atoms with van der Waals surface area (Å²) in [6.45, 7) is 2.61. The number of anilines is 1. The van der Waals surface area contributed by atoms with Crippen LogP contribution in [0, 0.1) is 5.82 Å². The zero-order valence-electron chi connectivity index (χ0n) is 16.8. The van der Waals surface area contributed by atoms with Gasteiger partial charge in [0.05, 0.1) is 24.4 Å². The van der Waals surface area contributed by atoms with E-state index in [0.717, 1.165) is 20.9 Å². The number of benzene rings is 2. The minimum atomic E-state index is -0.255. The summed E-state index contributed by atoms with van der Waals surface area (Å²) in [7, 11) is 3.17. The molecule has 1 aliphatic rings.